The van der Waals surface area contributed by atoms with Crippen molar-refractivity contribution in [2.24, 2.45) is 0 Å². The van der Waals surface area contributed by atoms with Crippen LogP contribution in [0.25, 0.3) is 0 Å². The average Bonchev–Trinajstić information content (AvgIpc) is 2.89. The maximum Gasteiger partial charge on any atom is 0.264 e. The molecule has 3 rings (SSSR count). The summed E-state index contributed by atoms with van der Waals surface area (Å²) in [6.07, 6.45) is 0.306. The molecule has 0 spiro atoms. The zero-order valence-electron chi connectivity index (χ0n) is 21.5. The van der Waals surface area contributed by atoms with Gasteiger partial charge < -0.3 is 10.2 Å². The van der Waals surface area contributed by atoms with Crippen molar-refractivity contribution >= 4 is 50.1 Å². The Labute approximate surface area is 237 Å². The normalized spacial score (nSPS) is 12.2. The van der Waals surface area contributed by atoms with Crippen molar-refractivity contribution in [1.29, 1.82) is 0 Å². The SMILES string of the molecule is CC[C@H](C(=O)NC(C)C)N(Cc1ccc(F)cc1)C(=O)CN(c1ccc(I)cc1)S(=O)(=O)c1ccccc1. The summed E-state index contributed by atoms with van der Waals surface area (Å²) < 4.78 is 43.0. The van der Waals surface area contributed by atoms with Gasteiger partial charge in [-0.2, -0.15) is 0 Å². The number of rotatable bonds is 11. The Morgan fingerprint density at radius 1 is 0.947 bits per heavy atom. The smallest absolute Gasteiger partial charge is 0.264 e. The first kappa shape index (κ1) is 29.6. The highest BCUT2D eigenvalue weighted by Crippen LogP contribution is 2.25. The van der Waals surface area contributed by atoms with Gasteiger partial charge in [-0.15, -0.1) is 0 Å². The lowest BCUT2D eigenvalue weighted by Crippen LogP contribution is -2.53. The lowest BCUT2D eigenvalue weighted by atomic mass is 10.1. The molecule has 0 radical (unpaired) electrons. The zero-order chi connectivity index (χ0) is 27.9. The van der Waals surface area contributed by atoms with Crippen LogP contribution in [0.4, 0.5) is 10.1 Å². The maximum absolute atomic E-state index is 13.9. The van der Waals surface area contributed by atoms with E-state index in [1.807, 2.05) is 13.8 Å². The predicted molar refractivity (Wildman–Crippen MR) is 154 cm³/mol. The van der Waals surface area contributed by atoms with Gasteiger partial charge in [0.25, 0.3) is 10.0 Å². The Morgan fingerprint density at radius 2 is 1.55 bits per heavy atom. The summed E-state index contributed by atoms with van der Waals surface area (Å²) >= 11 is 2.12. The number of nitrogens with one attached hydrogen (secondary N) is 1. The van der Waals surface area contributed by atoms with E-state index in [1.54, 1.807) is 61.5 Å². The van der Waals surface area contributed by atoms with Crippen molar-refractivity contribution in [3.63, 3.8) is 0 Å². The molecular formula is C28H31FIN3O4S. The minimum absolute atomic E-state index is 0.00898. The standard InChI is InChI=1S/C28H31FIN3O4S/c1-4-26(28(35)31-20(2)3)32(18-21-10-12-22(29)13-11-21)27(34)19-33(24-16-14-23(30)15-17-24)38(36,37)25-8-6-5-7-9-25/h5-17,20,26H,4,18-19H2,1-3H3,(H,31,35)/t26-/m1/s1. The van der Waals surface area contributed by atoms with E-state index in [1.165, 1.54) is 29.2 Å². The second kappa shape index (κ2) is 13.2. The van der Waals surface area contributed by atoms with Crippen molar-refractivity contribution in [3.05, 3.63) is 93.8 Å². The first-order valence-electron chi connectivity index (χ1n) is 12.2. The molecular weight excluding hydrogens is 620 g/mol. The summed E-state index contributed by atoms with van der Waals surface area (Å²) in [5.74, 6) is -1.32. The first-order chi connectivity index (χ1) is 18.0. The molecule has 7 nitrogen and oxygen atoms in total. The van der Waals surface area contributed by atoms with Crippen LogP contribution in [0, 0.1) is 9.39 Å². The number of carbonyl (C=O) groups excluding carboxylic acids is 2. The van der Waals surface area contributed by atoms with E-state index in [9.17, 15) is 22.4 Å². The minimum atomic E-state index is -4.11. The molecule has 0 saturated carbocycles. The van der Waals surface area contributed by atoms with Gasteiger partial charge in [0, 0.05) is 16.2 Å². The molecule has 38 heavy (non-hydrogen) atoms. The molecule has 3 aromatic carbocycles. The summed E-state index contributed by atoms with van der Waals surface area (Å²) in [4.78, 5) is 28.4. The summed E-state index contributed by atoms with van der Waals surface area (Å²) in [6.45, 7) is 4.91. The molecule has 0 unspecified atom stereocenters. The summed E-state index contributed by atoms with van der Waals surface area (Å²) in [7, 11) is -4.11. The third-order valence-electron chi connectivity index (χ3n) is 5.81. The van der Waals surface area contributed by atoms with Gasteiger partial charge in [-0.3, -0.25) is 13.9 Å². The van der Waals surface area contributed by atoms with Gasteiger partial charge in [-0.1, -0.05) is 37.3 Å². The maximum atomic E-state index is 13.9. The number of hydrogen-bond donors (Lipinski definition) is 1. The molecule has 1 atom stereocenters. The molecule has 0 aromatic heterocycles. The fourth-order valence-electron chi connectivity index (χ4n) is 3.94. The van der Waals surface area contributed by atoms with Crippen molar-refractivity contribution in [3.8, 4) is 0 Å². The van der Waals surface area contributed by atoms with Crippen molar-refractivity contribution in [2.75, 3.05) is 10.8 Å². The number of nitrogens with zero attached hydrogens (tertiary/aromatic N) is 2. The van der Waals surface area contributed by atoms with Gasteiger partial charge in [0.15, 0.2) is 0 Å². The molecule has 0 heterocycles. The lowest BCUT2D eigenvalue weighted by molar-refractivity contribution is -0.140. The van der Waals surface area contributed by atoms with Crippen LogP contribution < -0.4 is 9.62 Å². The van der Waals surface area contributed by atoms with E-state index in [-0.39, 0.29) is 23.4 Å². The van der Waals surface area contributed by atoms with Crippen molar-refractivity contribution < 1.29 is 22.4 Å². The number of hydrogen-bond acceptors (Lipinski definition) is 4. The molecule has 0 fully saturated rings. The van der Waals surface area contributed by atoms with E-state index in [0.29, 0.717) is 17.7 Å². The van der Waals surface area contributed by atoms with E-state index >= 15 is 0 Å². The summed E-state index contributed by atoms with van der Waals surface area (Å²) in [5, 5.41) is 2.85. The van der Waals surface area contributed by atoms with E-state index in [2.05, 4.69) is 27.9 Å². The molecule has 202 valence electrons. The van der Waals surface area contributed by atoms with Crippen LogP contribution in [0.15, 0.2) is 83.8 Å². The second-order valence-corrected chi connectivity index (χ2v) is 12.1. The van der Waals surface area contributed by atoms with Gasteiger partial charge in [-0.25, -0.2) is 12.8 Å². The quantitative estimate of drug-likeness (QED) is 0.297. The highest BCUT2D eigenvalue weighted by atomic mass is 127. The van der Waals surface area contributed by atoms with Crippen LogP contribution in [0.3, 0.4) is 0 Å². The molecule has 3 aromatic rings. The van der Waals surface area contributed by atoms with Crippen LogP contribution in [0.1, 0.15) is 32.8 Å². The van der Waals surface area contributed by atoms with Crippen LogP contribution in [0.2, 0.25) is 0 Å². The third kappa shape index (κ3) is 7.53. The monoisotopic (exact) mass is 651 g/mol. The Kier molecular flexibility index (Phi) is 10.3. The van der Waals surface area contributed by atoms with Gasteiger partial charge >= 0.3 is 0 Å². The minimum Gasteiger partial charge on any atom is -0.352 e. The van der Waals surface area contributed by atoms with E-state index in [4.69, 9.17) is 0 Å². The predicted octanol–water partition coefficient (Wildman–Crippen LogP) is 4.96. The lowest BCUT2D eigenvalue weighted by Gasteiger charge is -2.33. The molecule has 0 saturated heterocycles. The van der Waals surface area contributed by atoms with Crippen LogP contribution in [0.5, 0.6) is 0 Å². The molecule has 2 amide bonds. The van der Waals surface area contributed by atoms with Gasteiger partial charge in [-0.05, 0) is 97.0 Å². The summed E-state index contributed by atoms with van der Waals surface area (Å²) in [6, 6.07) is 19.3. The summed E-state index contributed by atoms with van der Waals surface area (Å²) in [5.41, 5.74) is 0.936. The Hall–Kier alpha value is -2.99. The molecule has 1 N–H and O–H groups in total. The van der Waals surface area contributed by atoms with Crippen LogP contribution in [-0.2, 0) is 26.2 Å². The number of sulfonamides is 1. The second-order valence-electron chi connectivity index (χ2n) is 9.04. The van der Waals surface area contributed by atoms with Crippen molar-refractivity contribution in [1.82, 2.24) is 10.2 Å². The third-order valence-corrected chi connectivity index (χ3v) is 8.31. The molecule has 0 aliphatic carbocycles. The van der Waals surface area contributed by atoms with E-state index < -0.39 is 34.3 Å². The van der Waals surface area contributed by atoms with Crippen LogP contribution >= 0.6 is 22.6 Å². The molecule has 0 aliphatic rings. The fraction of sp³-hybridized carbons (Fsp3) is 0.286. The largest absolute Gasteiger partial charge is 0.352 e. The average molecular weight is 652 g/mol. The fourth-order valence-corrected chi connectivity index (χ4v) is 5.74. The number of anilines is 1. The Morgan fingerprint density at radius 3 is 2.11 bits per heavy atom. The Balaban J connectivity index is 2.04. The molecule has 10 heteroatoms. The Bertz CT molecular complexity index is 1330. The van der Waals surface area contributed by atoms with Crippen LogP contribution in [-0.4, -0.2) is 43.8 Å². The van der Waals surface area contributed by atoms with Gasteiger partial charge in [0.1, 0.15) is 18.4 Å². The van der Waals surface area contributed by atoms with E-state index in [0.717, 1.165) is 7.88 Å². The highest BCUT2D eigenvalue weighted by Gasteiger charge is 2.33. The van der Waals surface area contributed by atoms with Gasteiger partial charge in [0.05, 0.1) is 10.6 Å². The highest BCUT2D eigenvalue weighted by molar-refractivity contribution is 14.1. The van der Waals surface area contributed by atoms with Gasteiger partial charge in [0.2, 0.25) is 11.8 Å². The topological polar surface area (TPSA) is 86.8 Å². The number of amides is 2. The number of carbonyl (C=O) groups is 2. The first-order valence-corrected chi connectivity index (χ1v) is 14.7. The number of benzene rings is 3. The molecule has 0 aliphatic heterocycles. The zero-order valence-corrected chi connectivity index (χ0v) is 24.4. The number of halogens is 2. The van der Waals surface area contributed by atoms with Crippen molar-refractivity contribution in [2.45, 2.75) is 50.7 Å². The molecule has 0 bridgehead atoms.